The van der Waals surface area contributed by atoms with Gasteiger partial charge in [-0.2, -0.15) is 0 Å². The monoisotopic (exact) mass is 183 g/mol. The van der Waals surface area contributed by atoms with E-state index >= 15 is 0 Å². The zero-order chi connectivity index (χ0) is 8.10. The molecule has 66 valence electrons. The minimum absolute atomic E-state index is 0. The molecule has 0 amide bonds. The number of anilines is 1. The average Bonchev–Trinajstić information content (AvgIpc) is 2.03. The lowest BCUT2D eigenvalue weighted by Crippen LogP contribution is -1.98. The summed E-state index contributed by atoms with van der Waals surface area (Å²) in [7, 11) is 0. The van der Waals surface area contributed by atoms with E-state index in [4.69, 9.17) is 0 Å². The Morgan fingerprint density at radius 1 is 1.42 bits per heavy atom. The number of hydrogen-bond donors (Lipinski definition) is 1. The van der Waals surface area contributed by atoms with E-state index in [1.165, 1.54) is 11.3 Å². The second-order valence-corrected chi connectivity index (χ2v) is 2.48. The topological polar surface area (TPSA) is 12.0 Å². The van der Waals surface area contributed by atoms with Crippen molar-refractivity contribution in [1.82, 2.24) is 0 Å². The molecule has 0 unspecified atom stereocenters. The molecule has 0 heterocycles. The van der Waals surface area contributed by atoms with E-state index in [0.29, 0.717) is 0 Å². The number of para-hydroxylation sites is 1. The SMILES string of the molecule is C=CCNc1ccccc1C.Cl. The van der Waals surface area contributed by atoms with Crippen molar-refractivity contribution >= 4 is 18.1 Å². The molecular formula is C10H14ClN. The molecule has 0 saturated heterocycles. The van der Waals surface area contributed by atoms with Crippen LogP contribution in [0.25, 0.3) is 0 Å². The third kappa shape index (κ3) is 2.97. The first-order valence-corrected chi connectivity index (χ1v) is 3.75. The Kier molecular flexibility index (Phi) is 5.22. The molecule has 0 aliphatic heterocycles. The molecule has 0 atom stereocenters. The summed E-state index contributed by atoms with van der Waals surface area (Å²) in [5.41, 5.74) is 2.46. The average molecular weight is 184 g/mol. The van der Waals surface area contributed by atoms with Crippen LogP contribution in [0.5, 0.6) is 0 Å². The highest BCUT2D eigenvalue weighted by atomic mass is 35.5. The van der Waals surface area contributed by atoms with Gasteiger partial charge in [0.05, 0.1) is 0 Å². The first kappa shape index (κ1) is 11.1. The molecule has 1 nitrogen and oxygen atoms in total. The lowest BCUT2D eigenvalue weighted by atomic mass is 10.2. The minimum atomic E-state index is 0. The Hall–Kier alpha value is -0.950. The van der Waals surface area contributed by atoms with Crippen LogP contribution in [0.15, 0.2) is 36.9 Å². The van der Waals surface area contributed by atoms with Gasteiger partial charge in [-0.1, -0.05) is 24.3 Å². The lowest BCUT2D eigenvalue weighted by molar-refractivity contribution is 1.31. The maximum atomic E-state index is 3.64. The molecule has 2 heteroatoms. The van der Waals surface area contributed by atoms with E-state index in [9.17, 15) is 0 Å². The molecular weight excluding hydrogens is 170 g/mol. The van der Waals surface area contributed by atoms with Crippen LogP contribution in [-0.2, 0) is 0 Å². The van der Waals surface area contributed by atoms with Gasteiger partial charge in [-0.05, 0) is 18.6 Å². The number of aryl methyl sites for hydroxylation is 1. The van der Waals surface area contributed by atoms with Gasteiger partial charge in [-0.3, -0.25) is 0 Å². The summed E-state index contributed by atoms with van der Waals surface area (Å²) in [5, 5.41) is 3.24. The van der Waals surface area contributed by atoms with E-state index < -0.39 is 0 Å². The van der Waals surface area contributed by atoms with E-state index in [-0.39, 0.29) is 12.4 Å². The van der Waals surface area contributed by atoms with Crippen LogP contribution >= 0.6 is 12.4 Å². The summed E-state index contributed by atoms with van der Waals surface area (Å²) in [6.45, 7) is 6.56. The number of halogens is 1. The van der Waals surface area contributed by atoms with Crippen molar-refractivity contribution in [3.8, 4) is 0 Å². The fraction of sp³-hybridized carbons (Fsp3) is 0.200. The van der Waals surface area contributed by atoms with Crippen LogP contribution in [0.3, 0.4) is 0 Å². The number of benzene rings is 1. The lowest BCUT2D eigenvalue weighted by Gasteiger charge is -2.05. The predicted molar refractivity (Wildman–Crippen MR) is 57.1 cm³/mol. The van der Waals surface area contributed by atoms with Crippen LogP contribution in [0.4, 0.5) is 5.69 Å². The highest BCUT2D eigenvalue weighted by Crippen LogP contribution is 2.11. The Labute approximate surface area is 79.9 Å². The zero-order valence-electron chi connectivity index (χ0n) is 7.21. The van der Waals surface area contributed by atoms with Crippen molar-refractivity contribution in [2.75, 3.05) is 11.9 Å². The smallest absolute Gasteiger partial charge is 0.0372 e. The Bertz CT molecular complexity index is 245. The molecule has 1 aromatic rings. The first-order chi connectivity index (χ1) is 5.34. The molecule has 0 aliphatic carbocycles. The third-order valence-electron chi connectivity index (χ3n) is 1.58. The fourth-order valence-corrected chi connectivity index (χ4v) is 0.953. The fourth-order valence-electron chi connectivity index (χ4n) is 0.953. The normalized spacial score (nSPS) is 8.42. The number of hydrogen-bond acceptors (Lipinski definition) is 1. The Morgan fingerprint density at radius 2 is 2.08 bits per heavy atom. The van der Waals surface area contributed by atoms with Crippen molar-refractivity contribution in [2.24, 2.45) is 0 Å². The standard InChI is InChI=1S/C10H13N.ClH/c1-3-8-11-10-7-5-4-6-9(10)2;/h3-7,11H,1,8H2,2H3;1H. The van der Waals surface area contributed by atoms with Crippen molar-refractivity contribution in [3.63, 3.8) is 0 Å². The van der Waals surface area contributed by atoms with Gasteiger partial charge < -0.3 is 5.32 Å². The van der Waals surface area contributed by atoms with Crippen LogP contribution in [-0.4, -0.2) is 6.54 Å². The van der Waals surface area contributed by atoms with Gasteiger partial charge in [0, 0.05) is 12.2 Å². The Morgan fingerprint density at radius 3 is 2.67 bits per heavy atom. The molecule has 12 heavy (non-hydrogen) atoms. The third-order valence-corrected chi connectivity index (χ3v) is 1.58. The molecule has 1 rings (SSSR count). The van der Waals surface area contributed by atoms with Gasteiger partial charge >= 0.3 is 0 Å². The van der Waals surface area contributed by atoms with Gasteiger partial charge in [-0.25, -0.2) is 0 Å². The number of rotatable bonds is 3. The summed E-state index contributed by atoms with van der Waals surface area (Å²) in [5.74, 6) is 0. The summed E-state index contributed by atoms with van der Waals surface area (Å²) in [4.78, 5) is 0. The Balaban J connectivity index is 0.00000121. The van der Waals surface area contributed by atoms with Gasteiger partial charge in [-0.15, -0.1) is 19.0 Å². The van der Waals surface area contributed by atoms with Crippen molar-refractivity contribution < 1.29 is 0 Å². The molecule has 0 saturated carbocycles. The van der Waals surface area contributed by atoms with E-state index in [1.807, 2.05) is 18.2 Å². The van der Waals surface area contributed by atoms with Crippen LogP contribution < -0.4 is 5.32 Å². The molecule has 0 aromatic heterocycles. The van der Waals surface area contributed by atoms with Crippen molar-refractivity contribution in [2.45, 2.75) is 6.92 Å². The minimum Gasteiger partial charge on any atom is -0.381 e. The van der Waals surface area contributed by atoms with Crippen LogP contribution in [0, 0.1) is 6.92 Å². The highest BCUT2D eigenvalue weighted by Gasteiger charge is 1.91. The van der Waals surface area contributed by atoms with E-state index in [2.05, 4.69) is 31.0 Å². The zero-order valence-corrected chi connectivity index (χ0v) is 8.03. The summed E-state index contributed by atoms with van der Waals surface area (Å²) in [6.07, 6.45) is 1.85. The second kappa shape index (κ2) is 5.67. The van der Waals surface area contributed by atoms with Gasteiger partial charge in [0.15, 0.2) is 0 Å². The summed E-state index contributed by atoms with van der Waals surface area (Å²) < 4.78 is 0. The van der Waals surface area contributed by atoms with E-state index in [1.54, 1.807) is 0 Å². The van der Waals surface area contributed by atoms with E-state index in [0.717, 1.165) is 6.54 Å². The molecule has 1 N–H and O–H groups in total. The predicted octanol–water partition coefficient (Wildman–Crippen LogP) is 3.01. The maximum absolute atomic E-state index is 3.64. The van der Waals surface area contributed by atoms with Crippen molar-refractivity contribution in [1.29, 1.82) is 0 Å². The van der Waals surface area contributed by atoms with Gasteiger partial charge in [0.25, 0.3) is 0 Å². The summed E-state index contributed by atoms with van der Waals surface area (Å²) >= 11 is 0. The second-order valence-electron chi connectivity index (χ2n) is 2.48. The molecule has 0 bridgehead atoms. The van der Waals surface area contributed by atoms with Crippen LogP contribution in [0.1, 0.15) is 5.56 Å². The molecule has 0 aliphatic rings. The molecule has 0 spiro atoms. The highest BCUT2D eigenvalue weighted by molar-refractivity contribution is 5.85. The largest absolute Gasteiger partial charge is 0.381 e. The molecule has 1 aromatic carbocycles. The van der Waals surface area contributed by atoms with Gasteiger partial charge in [0.1, 0.15) is 0 Å². The quantitative estimate of drug-likeness (QED) is 0.711. The molecule has 0 radical (unpaired) electrons. The first-order valence-electron chi connectivity index (χ1n) is 3.75. The summed E-state index contributed by atoms with van der Waals surface area (Å²) in [6, 6.07) is 8.22. The van der Waals surface area contributed by atoms with Crippen molar-refractivity contribution in [3.05, 3.63) is 42.5 Å². The maximum Gasteiger partial charge on any atom is 0.0372 e. The number of nitrogens with one attached hydrogen (secondary N) is 1. The van der Waals surface area contributed by atoms with Gasteiger partial charge in [0.2, 0.25) is 0 Å². The molecule has 0 fully saturated rings. The van der Waals surface area contributed by atoms with Crippen LogP contribution in [0.2, 0.25) is 0 Å².